The molecule has 0 radical (unpaired) electrons. The highest BCUT2D eigenvalue weighted by Gasteiger charge is 2.39. The maximum atomic E-state index is 11.8. The van der Waals surface area contributed by atoms with Crippen molar-refractivity contribution in [2.45, 2.75) is 38.6 Å². The summed E-state index contributed by atoms with van der Waals surface area (Å²) in [5, 5.41) is 14.8. The van der Waals surface area contributed by atoms with Gasteiger partial charge in [-0.2, -0.15) is 0 Å². The van der Waals surface area contributed by atoms with Crippen LogP contribution < -0.4 is 10.6 Å². The quantitative estimate of drug-likeness (QED) is 0.761. The van der Waals surface area contributed by atoms with E-state index in [9.17, 15) is 14.7 Å². The molecule has 1 saturated carbocycles. The van der Waals surface area contributed by atoms with Crippen LogP contribution in [-0.4, -0.2) is 33.2 Å². The van der Waals surface area contributed by atoms with Gasteiger partial charge in [0, 0.05) is 26.0 Å². The molecule has 7 nitrogen and oxygen atoms in total. The van der Waals surface area contributed by atoms with E-state index in [1.807, 2.05) is 11.6 Å². The second-order valence-corrected chi connectivity index (χ2v) is 5.64. The van der Waals surface area contributed by atoms with Gasteiger partial charge >= 0.3 is 12.0 Å². The topological polar surface area (TPSA) is 96.3 Å². The van der Waals surface area contributed by atoms with E-state index in [4.69, 9.17) is 0 Å². The molecule has 116 valence electrons. The predicted octanol–water partition coefficient (Wildman–Crippen LogP) is 1.25. The molecule has 0 saturated heterocycles. The minimum atomic E-state index is -0.813. The number of nitrogens with zero attached hydrogens (tertiary/aromatic N) is 2. The second kappa shape index (κ2) is 6.60. The molecule has 1 aliphatic carbocycles. The molecule has 0 bridgehead atoms. The fraction of sp³-hybridized carbons (Fsp3) is 0.643. The van der Waals surface area contributed by atoms with Gasteiger partial charge in [-0.05, 0) is 12.8 Å². The van der Waals surface area contributed by atoms with Crippen LogP contribution in [0.3, 0.4) is 0 Å². The van der Waals surface area contributed by atoms with E-state index in [1.165, 1.54) is 0 Å². The lowest BCUT2D eigenvalue weighted by molar-refractivity contribution is -0.150. The molecule has 0 spiro atoms. The molecule has 1 fully saturated rings. The van der Waals surface area contributed by atoms with Crippen molar-refractivity contribution in [2.24, 2.45) is 12.5 Å². The van der Waals surface area contributed by atoms with Crippen molar-refractivity contribution in [1.82, 2.24) is 20.2 Å². The van der Waals surface area contributed by atoms with Crippen LogP contribution in [0.15, 0.2) is 12.4 Å². The first-order chi connectivity index (χ1) is 10.0. The minimum absolute atomic E-state index is 0.175. The summed E-state index contributed by atoms with van der Waals surface area (Å²) in [7, 11) is 1.85. The Morgan fingerprint density at radius 3 is 2.62 bits per heavy atom. The predicted molar refractivity (Wildman–Crippen MR) is 76.6 cm³/mol. The fourth-order valence-corrected chi connectivity index (χ4v) is 2.73. The highest BCUT2D eigenvalue weighted by atomic mass is 16.4. The number of carboxylic acids is 1. The summed E-state index contributed by atoms with van der Waals surface area (Å²) in [5.74, 6) is -0.0673. The van der Waals surface area contributed by atoms with Crippen LogP contribution in [0.4, 0.5) is 4.79 Å². The van der Waals surface area contributed by atoms with E-state index in [0.717, 1.165) is 25.1 Å². The van der Waals surface area contributed by atoms with E-state index >= 15 is 0 Å². The Kier molecular flexibility index (Phi) is 4.82. The summed E-state index contributed by atoms with van der Waals surface area (Å²) in [4.78, 5) is 27.4. The van der Waals surface area contributed by atoms with Gasteiger partial charge in [-0.3, -0.25) is 4.79 Å². The van der Waals surface area contributed by atoms with Crippen LogP contribution >= 0.6 is 0 Å². The first-order valence-corrected chi connectivity index (χ1v) is 7.25. The summed E-state index contributed by atoms with van der Waals surface area (Å²) in [6.07, 6.45) is 7.60. The average Bonchev–Trinajstić information content (AvgIpc) is 2.89. The molecule has 7 heteroatoms. The van der Waals surface area contributed by atoms with Crippen molar-refractivity contribution < 1.29 is 14.7 Å². The van der Waals surface area contributed by atoms with E-state index in [0.29, 0.717) is 19.4 Å². The highest BCUT2D eigenvalue weighted by molar-refractivity contribution is 5.78. The molecule has 0 atom stereocenters. The monoisotopic (exact) mass is 294 g/mol. The number of imidazole rings is 1. The number of nitrogens with one attached hydrogen (secondary N) is 2. The van der Waals surface area contributed by atoms with Crippen molar-refractivity contribution >= 4 is 12.0 Å². The van der Waals surface area contributed by atoms with Crippen LogP contribution in [0.2, 0.25) is 0 Å². The lowest BCUT2D eigenvalue weighted by Gasteiger charge is -2.33. The summed E-state index contributed by atoms with van der Waals surface area (Å²) < 4.78 is 1.82. The molecule has 2 amide bonds. The van der Waals surface area contributed by atoms with Crippen LogP contribution in [0.1, 0.15) is 37.9 Å². The molecular weight excluding hydrogens is 272 g/mol. The smallest absolute Gasteiger partial charge is 0.315 e. The summed E-state index contributed by atoms with van der Waals surface area (Å²) in [6, 6.07) is -0.357. The Hall–Kier alpha value is -2.05. The molecule has 21 heavy (non-hydrogen) atoms. The van der Waals surface area contributed by atoms with Crippen LogP contribution in [0.25, 0.3) is 0 Å². The number of hydrogen-bond acceptors (Lipinski definition) is 3. The number of rotatable bonds is 5. The number of aromatic nitrogens is 2. The Labute approximate surface area is 123 Å². The van der Waals surface area contributed by atoms with Gasteiger partial charge < -0.3 is 20.3 Å². The molecule has 1 heterocycles. The van der Waals surface area contributed by atoms with E-state index < -0.39 is 11.4 Å². The first-order valence-electron chi connectivity index (χ1n) is 7.25. The zero-order chi connectivity index (χ0) is 15.3. The zero-order valence-electron chi connectivity index (χ0n) is 12.3. The maximum absolute atomic E-state index is 11.8. The second-order valence-electron chi connectivity index (χ2n) is 5.64. The van der Waals surface area contributed by atoms with Crippen LogP contribution in [-0.2, 0) is 18.4 Å². The van der Waals surface area contributed by atoms with Crippen molar-refractivity contribution in [3.8, 4) is 0 Å². The summed E-state index contributed by atoms with van der Waals surface area (Å²) in [6.45, 7) is 0.490. The van der Waals surface area contributed by atoms with Gasteiger partial charge in [0.05, 0.1) is 12.0 Å². The molecule has 1 aliphatic rings. The molecule has 0 unspecified atom stereocenters. The summed E-state index contributed by atoms with van der Waals surface area (Å²) in [5.41, 5.74) is -0.807. The Morgan fingerprint density at radius 2 is 2.05 bits per heavy atom. The third kappa shape index (κ3) is 3.74. The maximum Gasteiger partial charge on any atom is 0.315 e. The normalized spacial score (nSPS) is 17.2. The average molecular weight is 294 g/mol. The van der Waals surface area contributed by atoms with Gasteiger partial charge in [-0.25, -0.2) is 9.78 Å². The largest absolute Gasteiger partial charge is 0.481 e. The van der Waals surface area contributed by atoms with Gasteiger partial charge in [0.25, 0.3) is 0 Å². The Morgan fingerprint density at radius 1 is 1.33 bits per heavy atom. The van der Waals surface area contributed by atoms with Crippen LogP contribution in [0, 0.1) is 5.41 Å². The number of carboxylic acid groups (broad SMARTS) is 1. The van der Waals surface area contributed by atoms with Gasteiger partial charge in [0.15, 0.2) is 0 Å². The van der Waals surface area contributed by atoms with Gasteiger partial charge in [-0.15, -0.1) is 0 Å². The lowest BCUT2D eigenvalue weighted by Crippen LogP contribution is -2.47. The third-order valence-electron chi connectivity index (χ3n) is 4.18. The first kappa shape index (κ1) is 15.3. The van der Waals surface area contributed by atoms with Crippen molar-refractivity contribution in [3.63, 3.8) is 0 Å². The van der Waals surface area contributed by atoms with Crippen LogP contribution in [0.5, 0.6) is 0 Å². The highest BCUT2D eigenvalue weighted by Crippen LogP contribution is 2.35. The SMILES string of the molecule is Cn1ccnc1CNC(=O)NCC1(C(=O)O)CCCCC1. The molecular formula is C14H22N4O3. The number of hydrogen-bond donors (Lipinski definition) is 3. The molecule has 0 aromatic carbocycles. The Balaban J connectivity index is 1.82. The molecule has 2 rings (SSSR count). The molecule has 1 aromatic heterocycles. The molecule has 1 aromatic rings. The summed E-state index contributed by atoms with van der Waals surface area (Å²) >= 11 is 0. The van der Waals surface area contributed by atoms with Gasteiger partial charge in [0.1, 0.15) is 5.82 Å². The van der Waals surface area contributed by atoms with Crippen molar-refractivity contribution in [2.75, 3.05) is 6.54 Å². The van der Waals surface area contributed by atoms with Crippen molar-refractivity contribution in [3.05, 3.63) is 18.2 Å². The van der Waals surface area contributed by atoms with Gasteiger partial charge in [0.2, 0.25) is 0 Å². The number of carbonyl (C=O) groups excluding carboxylic acids is 1. The zero-order valence-corrected chi connectivity index (χ0v) is 12.3. The van der Waals surface area contributed by atoms with E-state index in [2.05, 4.69) is 15.6 Å². The fourth-order valence-electron chi connectivity index (χ4n) is 2.73. The van der Waals surface area contributed by atoms with Crippen molar-refractivity contribution in [1.29, 1.82) is 0 Å². The molecule has 3 N–H and O–H groups in total. The minimum Gasteiger partial charge on any atom is -0.481 e. The number of amides is 2. The number of aryl methyl sites for hydroxylation is 1. The standard InChI is InChI=1S/C14H22N4O3/c1-18-8-7-15-11(18)9-16-13(21)17-10-14(12(19)20)5-3-2-4-6-14/h7-8H,2-6,9-10H2,1H3,(H,19,20)(H2,16,17,21). The molecule has 0 aliphatic heterocycles. The van der Waals surface area contributed by atoms with E-state index in [1.54, 1.807) is 12.4 Å². The van der Waals surface area contributed by atoms with E-state index in [-0.39, 0.29) is 12.6 Å². The number of carbonyl (C=O) groups is 2. The number of urea groups is 1. The third-order valence-corrected chi connectivity index (χ3v) is 4.18. The number of aliphatic carboxylic acids is 1. The Bertz CT molecular complexity index is 506. The van der Waals surface area contributed by atoms with Gasteiger partial charge in [-0.1, -0.05) is 19.3 Å². The lowest BCUT2D eigenvalue weighted by atomic mass is 9.74.